The fraction of sp³-hybridized carbons (Fsp3) is 0.0417. The van der Waals surface area contributed by atoms with Gasteiger partial charge < -0.3 is 4.74 Å². The van der Waals surface area contributed by atoms with Crippen molar-refractivity contribution in [3.63, 3.8) is 0 Å². The molecule has 0 aliphatic rings. The molecule has 0 amide bonds. The van der Waals surface area contributed by atoms with Crippen molar-refractivity contribution in [2.75, 3.05) is 0 Å². The van der Waals surface area contributed by atoms with Gasteiger partial charge in [0.05, 0.1) is 11.6 Å². The van der Waals surface area contributed by atoms with Gasteiger partial charge in [0.25, 0.3) is 0 Å². The van der Waals surface area contributed by atoms with Crippen molar-refractivity contribution in [3.8, 4) is 17.9 Å². The zero-order valence-corrected chi connectivity index (χ0v) is 16.1. The minimum absolute atomic E-state index is 0.0123. The van der Waals surface area contributed by atoms with Crippen molar-refractivity contribution in [1.82, 2.24) is 0 Å². The maximum absolute atomic E-state index is 12.6. The average Bonchev–Trinajstić information content (AvgIpc) is 2.77. The first kappa shape index (κ1) is 19.9. The number of ether oxygens (including phenoxy) is 1. The summed E-state index contributed by atoms with van der Waals surface area (Å²) in [4.78, 5) is 12.6. The van der Waals surface area contributed by atoms with E-state index >= 15 is 0 Å². The lowest BCUT2D eigenvalue weighted by Crippen LogP contribution is -2.02. The number of ketones is 1. The molecule has 0 fully saturated rings. The zero-order valence-electron chi connectivity index (χ0n) is 15.3. The monoisotopic (exact) mass is 398 g/mol. The van der Waals surface area contributed by atoms with E-state index in [4.69, 9.17) is 21.6 Å². The second kappa shape index (κ2) is 9.37. The van der Waals surface area contributed by atoms with E-state index in [2.05, 4.69) is 6.07 Å². The fourth-order valence-electron chi connectivity index (χ4n) is 2.65. The largest absolute Gasteiger partial charge is 0.488 e. The molecule has 0 saturated carbocycles. The van der Waals surface area contributed by atoms with Crippen molar-refractivity contribution in [2.45, 2.75) is 6.61 Å². The minimum atomic E-state index is -0.369. The molecule has 0 heterocycles. The van der Waals surface area contributed by atoms with Crippen LogP contribution in [0, 0.1) is 22.7 Å². The summed E-state index contributed by atoms with van der Waals surface area (Å²) in [6, 6.07) is 24.7. The molecular formula is C24H15ClN2O2. The Labute approximate surface area is 173 Å². The van der Waals surface area contributed by atoms with Gasteiger partial charge >= 0.3 is 0 Å². The highest BCUT2D eigenvalue weighted by atomic mass is 35.5. The Morgan fingerprint density at radius 2 is 1.72 bits per heavy atom. The van der Waals surface area contributed by atoms with E-state index in [9.17, 15) is 10.1 Å². The predicted octanol–water partition coefficient (Wildman–Crippen LogP) is 5.58. The van der Waals surface area contributed by atoms with Crippen molar-refractivity contribution in [3.05, 3.63) is 106 Å². The first-order valence-electron chi connectivity index (χ1n) is 8.73. The van der Waals surface area contributed by atoms with Crippen LogP contribution in [0.3, 0.4) is 0 Å². The van der Waals surface area contributed by atoms with E-state index in [1.165, 1.54) is 6.08 Å². The van der Waals surface area contributed by atoms with E-state index in [1.807, 2.05) is 18.2 Å². The van der Waals surface area contributed by atoms with Gasteiger partial charge in [0.15, 0.2) is 0 Å². The van der Waals surface area contributed by atoms with Gasteiger partial charge in [-0.25, -0.2) is 0 Å². The molecular weight excluding hydrogens is 384 g/mol. The Balaban J connectivity index is 1.87. The van der Waals surface area contributed by atoms with E-state index in [1.54, 1.807) is 60.7 Å². The lowest BCUT2D eigenvalue weighted by molar-refractivity contribution is 0.104. The number of benzene rings is 3. The quantitative estimate of drug-likeness (QED) is 0.308. The Hall–Kier alpha value is -3.86. The standard InChI is InChI=1S/C24H15ClN2O2/c25-22-10-11-23(29-16-18-8-6-17(14-26)7-9-18)20(13-22)12-21(15-27)24(28)19-4-2-1-3-5-19/h1-13H,16H2/b21-12+. The van der Waals surface area contributed by atoms with Gasteiger partial charge in [-0.1, -0.05) is 54.1 Å². The number of nitriles is 2. The maximum atomic E-state index is 12.6. The van der Waals surface area contributed by atoms with E-state index < -0.39 is 0 Å². The van der Waals surface area contributed by atoms with Crippen LogP contribution in [0.15, 0.2) is 78.4 Å². The number of rotatable bonds is 6. The minimum Gasteiger partial charge on any atom is -0.488 e. The first-order chi connectivity index (χ1) is 14.1. The van der Waals surface area contributed by atoms with Crippen LogP contribution < -0.4 is 4.74 Å². The van der Waals surface area contributed by atoms with Crippen LogP contribution >= 0.6 is 11.6 Å². The van der Waals surface area contributed by atoms with Crippen LogP contribution in [0.1, 0.15) is 27.0 Å². The van der Waals surface area contributed by atoms with Crippen molar-refractivity contribution >= 4 is 23.5 Å². The van der Waals surface area contributed by atoms with E-state index in [0.29, 0.717) is 27.5 Å². The Morgan fingerprint density at radius 3 is 2.38 bits per heavy atom. The number of nitrogens with zero attached hydrogens (tertiary/aromatic N) is 2. The number of hydrogen-bond acceptors (Lipinski definition) is 4. The summed E-state index contributed by atoms with van der Waals surface area (Å²) < 4.78 is 5.88. The molecule has 0 unspecified atom stereocenters. The van der Waals surface area contributed by atoms with Crippen molar-refractivity contribution in [2.24, 2.45) is 0 Å². The number of allylic oxidation sites excluding steroid dienone is 1. The number of Topliss-reactive ketones (excluding diaryl/α,β-unsaturated/α-hetero) is 1. The molecule has 140 valence electrons. The topological polar surface area (TPSA) is 73.9 Å². The van der Waals surface area contributed by atoms with Gasteiger partial charge in [0, 0.05) is 16.1 Å². The molecule has 0 spiro atoms. The van der Waals surface area contributed by atoms with Gasteiger partial charge in [-0.3, -0.25) is 4.79 Å². The molecule has 4 nitrogen and oxygen atoms in total. The third-order valence-electron chi connectivity index (χ3n) is 4.15. The lowest BCUT2D eigenvalue weighted by atomic mass is 10.0. The van der Waals surface area contributed by atoms with Crippen LogP contribution in [-0.4, -0.2) is 5.78 Å². The third-order valence-corrected chi connectivity index (χ3v) is 4.39. The highest BCUT2D eigenvalue weighted by Gasteiger charge is 2.13. The van der Waals surface area contributed by atoms with Crippen LogP contribution in [0.5, 0.6) is 5.75 Å². The smallest absolute Gasteiger partial charge is 0.203 e. The molecule has 5 heteroatoms. The number of carbonyl (C=O) groups is 1. The Kier molecular flexibility index (Phi) is 6.43. The van der Waals surface area contributed by atoms with Gasteiger partial charge in [0.1, 0.15) is 24.0 Å². The zero-order chi connectivity index (χ0) is 20.6. The second-order valence-corrected chi connectivity index (χ2v) is 6.58. The highest BCUT2D eigenvalue weighted by Crippen LogP contribution is 2.27. The third kappa shape index (κ3) is 5.11. The molecule has 29 heavy (non-hydrogen) atoms. The molecule has 3 aromatic carbocycles. The van der Waals surface area contributed by atoms with Gasteiger partial charge in [-0.15, -0.1) is 0 Å². The number of carbonyl (C=O) groups excluding carboxylic acids is 1. The van der Waals surface area contributed by atoms with Crippen molar-refractivity contribution < 1.29 is 9.53 Å². The molecule has 3 rings (SSSR count). The Morgan fingerprint density at radius 1 is 1.00 bits per heavy atom. The summed E-state index contributed by atoms with van der Waals surface area (Å²) in [5.41, 5.74) is 2.41. The molecule has 3 aromatic rings. The number of halogens is 1. The van der Waals surface area contributed by atoms with Crippen LogP contribution in [0.25, 0.3) is 6.08 Å². The molecule has 0 bridgehead atoms. The summed E-state index contributed by atoms with van der Waals surface area (Å²) >= 11 is 6.11. The molecule has 0 atom stereocenters. The average molecular weight is 399 g/mol. The Bertz CT molecular complexity index is 1140. The lowest BCUT2D eigenvalue weighted by Gasteiger charge is -2.10. The molecule has 0 aliphatic heterocycles. The van der Waals surface area contributed by atoms with Gasteiger partial charge in [0.2, 0.25) is 5.78 Å². The summed E-state index contributed by atoms with van der Waals surface area (Å²) in [5.74, 6) is 0.124. The molecule has 0 saturated heterocycles. The molecule has 0 N–H and O–H groups in total. The highest BCUT2D eigenvalue weighted by molar-refractivity contribution is 6.30. The normalized spacial score (nSPS) is 10.7. The first-order valence-corrected chi connectivity index (χ1v) is 9.11. The molecule has 0 radical (unpaired) electrons. The SMILES string of the molecule is N#C/C(=C\c1cc(Cl)ccc1OCc1ccc(C#N)cc1)C(=O)c1ccccc1. The van der Waals surface area contributed by atoms with Gasteiger partial charge in [-0.2, -0.15) is 10.5 Å². The summed E-state index contributed by atoms with van der Waals surface area (Å²) in [5, 5.41) is 18.8. The van der Waals surface area contributed by atoms with Crippen molar-refractivity contribution in [1.29, 1.82) is 10.5 Å². The van der Waals surface area contributed by atoms with Crippen LogP contribution in [0.2, 0.25) is 5.02 Å². The summed E-state index contributed by atoms with van der Waals surface area (Å²) in [7, 11) is 0. The molecule has 0 aromatic heterocycles. The molecule has 0 aliphatic carbocycles. The fourth-order valence-corrected chi connectivity index (χ4v) is 2.83. The number of hydrogen-bond donors (Lipinski definition) is 0. The van der Waals surface area contributed by atoms with E-state index in [-0.39, 0.29) is 18.0 Å². The second-order valence-electron chi connectivity index (χ2n) is 6.14. The van der Waals surface area contributed by atoms with Gasteiger partial charge in [-0.05, 0) is 42.0 Å². The van der Waals surface area contributed by atoms with Crippen LogP contribution in [0.4, 0.5) is 0 Å². The summed E-state index contributed by atoms with van der Waals surface area (Å²) in [6.07, 6.45) is 1.48. The summed E-state index contributed by atoms with van der Waals surface area (Å²) in [6.45, 7) is 0.267. The van der Waals surface area contributed by atoms with E-state index in [0.717, 1.165) is 5.56 Å². The maximum Gasteiger partial charge on any atom is 0.203 e. The predicted molar refractivity (Wildman–Crippen MR) is 111 cm³/mol. The van der Waals surface area contributed by atoms with Crippen LogP contribution in [-0.2, 0) is 6.61 Å².